The van der Waals surface area contributed by atoms with Crippen LogP contribution in [0.15, 0.2) is 34.9 Å². The Morgan fingerprint density at radius 3 is 2.85 bits per heavy atom. The highest BCUT2D eigenvalue weighted by Crippen LogP contribution is 2.21. The third-order valence-electron chi connectivity index (χ3n) is 1.71. The van der Waals surface area contributed by atoms with Gasteiger partial charge in [0.25, 0.3) is 0 Å². The number of phenols is 1. The van der Waals surface area contributed by atoms with Gasteiger partial charge in [0.05, 0.1) is 5.69 Å². The highest BCUT2D eigenvalue weighted by molar-refractivity contribution is 5.55. The van der Waals surface area contributed by atoms with Crippen molar-refractivity contribution in [3.8, 4) is 17.2 Å². The smallest absolute Gasteiger partial charge is 0.226 e. The molecular formula is C10H9NO2. The van der Waals surface area contributed by atoms with Gasteiger partial charge in [0.15, 0.2) is 0 Å². The lowest BCUT2D eigenvalue weighted by atomic mass is 10.2. The molecule has 0 aliphatic carbocycles. The third kappa shape index (κ3) is 1.54. The zero-order valence-corrected chi connectivity index (χ0v) is 7.19. The minimum Gasteiger partial charge on any atom is -0.508 e. The maximum Gasteiger partial charge on any atom is 0.226 e. The molecule has 0 spiro atoms. The number of hydrogen-bond donors (Lipinski definition) is 1. The van der Waals surface area contributed by atoms with Gasteiger partial charge in [-0.1, -0.05) is 6.07 Å². The number of rotatable bonds is 1. The number of aromatic hydroxyl groups is 1. The molecule has 1 aromatic heterocycles. The fourth-order valence-electron chi connectivity index (χ4n) is 1.13. The minimum atomic E-state index is 0.216. The fraction of sp³-hybridized carbons (Fsp3) is 0.100. The van der Waals surface area contributed by atoms with E-state index in [0.717, 1.165) is 11.3 Å². The van der Waals surface area contributed by atoms with E-state index in [-0.39, 0.29) is 5.75 Å². The highest BCUT2D eigenvalue weighted by Gasteiger charge is 2.03. The van der Waals surface area contributed by atoms with Gasteiger partial charge < -0.3 is 9.52 Å². The predicted octanol–water partition coefficient (Wildman–Crippen LogP) is 2.36. The molecule has 2 aromatic rings. The molecule has 1 heterocycles. The molecule has 1 N–H and O–H groups in total. The molecule has 0 atom stereocenters. The van der Waals surface area contributed by atoms with Gasteiger partial charge in [-0.25, -0.2) is 4.98 Å². The fourth-order valence-corrected chi connectivity index (χ4v) is 1.13. The minimum absolute atomic E-state index is 0.216. The van der Waals surface area contributed by atoms with Crippen LogP contribution in [0.4, 0.5) is 0 Å². The summed E-state index contributed by atoms with van der Waals surface area (Å²) in [5.41, 5.74) is 1.62. The number of oxazole rings is 1. The van der Waals surface area contributed by atoms with E-state index in [9.17, 15) is 5.11 Å². The van der Waals surface area contributed by atoms with Crippen molar-refractivity contribution in [1.29, 1.82) is 0 Å². The van der Waals surface area contributed by atoms with Gasteiger partial charge in [-0.3, -0.25) is 0 Å². The lowest BCUT2D eigenvalue weighted by molar-refractivity contribution is 0.475. The van der Waals surface area contributed by atoms with Gasteiger partial charge in [0, 0.05) is 5.56 Å². The summed E-state index contributed by atoms with van der Waals surface area (Å²) in [6, 6.07) is 6.82. The van der Waals surface area contributed by atoms with Crippen LogP contribution in [0.3, 0.4) is 0 Å². The van der Waals surface area contributed by atoms with E-state index >= 15 is 0 Å². The number of aryl methyl sites for hydroxylation is 1. The average molecular weight is 175 g/mol. The summed E-state index contributed by atoms with van der Waals surface area (Å²) in [4.78, 5) is 4.14. The van der Waals surface area contributed by atoms with Crippen molar-refractivity contribution < 1.29 is 9.52 Å². The van der Waals surface area contributed by atoms with Gasteiger partial charge in [-0.05, 0) is 25.1 Å². The molecule has 3 heteroatoms. The third-order valence-corrected chi connectivity index (χ3v) is 1.71. The molecular weight excluding hydrogens is 166 g/mol. The van der Waals surface area contributed by atoms with Crippen LogP contribution in [-0.2, 0) is 0 Å². The van der Waals surface area contributed by atoms with Crippen LogP contribution in [-0.4, -0.2) is 10.1 Å². The number of benzene rings is 1. The maximum absolute atomic E-state index is 9.21. The summed E-state index contributed by atoms with van der Waals surface area (Å²) < 4.78 is 5.18. The molecule has 3 nitrogen and oxygen atoms in total. The second-order valence-electron chi connectivity index (χ2n) is 2.84. The second-order valence-corrected chi connectivity index (χ2v) is 2.84. The van der Waals surface area contributed by atoms with Crippen molar-refractivity contribution in [1.82, 2.24) is 4.98 Å². The first-order chi connectivity index (χ1) is 6.25. The van der Waals surface area contributed by atoms with Crippen molar-refractivity contribution in [3.05, 3.63) is 36.2 Å². The zero-order valence-electron chi connectivity index (χ0n) is 7.19. The summed E-state index contributed by atoms with van der Waals surface area (Å²) in [7, 11) is 0. The summed E-state index contributed by atoms with van der Waals surface area (Å²) in [6.45, 7) is 1.86. The van der Waals surface area contributed by atoms with E-state index in [1.807, 2.05) is 13.0 Å². The van der Waals surface area contributed by atoms with E-state index in [1.54, 1.807) is 24.5 Å². The van der Waals surface area contributed by atoms with Gasteiger partial charge >= 0.3 is 0 Å². The zero-order chi connectivity index (χ0) is 9.26. The highest BCUT2D eigenvalue weighted by atomic mass is 16.3. The lowest BCUT2D eigenvalue weighted by Gasteiger charge is -1.95. The van der Waals surface area contributed by atoms with Crippen molar-refractivity contribution in [2.75, 3.05) is 0 Å². The second kappa shape index (κ2) is 2.94. The summed E-state index contributed by atoms with van der Waals surface area (Å²) in [5.74, 6) is 0.752. The molecule has 0 fully saturated rings. The topological polar surface area (TPSA) is 46.3 Å². The molecule has 0 aliphatic rings. The summed E-state index contributed by atoms with van der Waals surface area (Å²) >= 11 is 0. The Labute approximate surface area is 75.7 Å². The van der Waals surface area contributed by atoms with E-state index in [2.05, 4.69) is 4.98 Å². The molecule has 0 saturated carbocycles. The Morgan fingerprint density at radius 1 is 1.38 bits per heavy atom. The molecule has 66 valence electrons. The van der Waals surface area contributed by atoms with Crippen LogP contribution < -0.4 is 0 Å². The number of hydrogen-bond acceptors (Lipinski definition) is 3. The van der Waals surface area contributed by atoms with Crippen molar-refractivity contribution in [3.63, 3.8) is 0 Å². The summed E-state index contributed by atoms with van der Waals surface area (Å²) in [5, 5.41) is 9.21. The monoisotopic (exact) mass is 175 g/mol. The van der Waals surface area contributed by atoms with Crippen LogP contribution in [0.1, 0.15) is 5.69 Å². The normalized spacial score (nSPS) is 10.2. The van der Waals surface area contributed by atoms with Crippen LogP contribution in [0, 0.1) is 6.92 Å². The molecule has 0 radical (unpaired) electrons. The Balaban J connectivity index is 2.46. The van der Waals surface area contributed by atoms with Gasteiger partial charge in [-0.2, -0.15) is 0 Å². The standard InChI is InChI=1S/C10H9NO2/c1-7-6-13-10(11-7)8-3-2-4-9(12)5-8/h2-6,12H,1H3. The first-order valence-corrected chi connectivity index (χ1v) is 3.97. The Morgan fingerprint density at radius 2 is 2.23 bits per heavy atom. The molecule has 2 rings (SSSR count). The van der Waals surface area contributed by atoms with Crippen LogP contribution >= 0.6 is 0 Å². The van der Waals surface area contributed by atoms with Crippen molar-refractivity contribution in [2.24, 2.45) is 0 Å². The predicted molar refractivity (Wildman–Crippen MR) is 48.3 cm³/mol. The molecule has 0 amide bonds. The van der Waals surface area contributed by atoms with E-state index in [0.29, 0.717) is 5.89 Å². The molecule has 1 aromatic carbocycles. The van der Waals surface area contributed by atoms with Gasteiger partial charge in [0.2, 0.25) is 5.89 Å². The first-order valence-electron chi connectivity index (χ1n) is 3.97. The Hall–Kier alpha value is -1.77. The number of aromatic nitrogens is 1. The van der Waals surface area contributed by atoms with Crippen molar-refractivity contribution in [2.45, 2.75) is 6.92 Å². The first kappa shape index (κ1) is 7.86. The number of nitrogens with zero attached hydrogens (tertiary/aromatic N) is 1. The van der Waals surface area contributed by atoms with E-state index in [1.165, 1.54) is 0 Å². The molecule has 0 aliphatic heterocycles. The van der Waals surface area contributed by atoms with Crippen LogP contribution in [0.25, 0.3) is 11.5 Å². The molecule has 13 heavy (non-hydrogen) atoms. The molecule has 0 saturated heterocycles. The Bertz CT molecular complexity index is 420. The van der Waals surface area contributed by atoms with Gasteiger partial charge in [-0.15, -0.1) is 0 Å². The van der Waals surface area contributed by atoms with Gasteiger partial charge in [0.1, 0.15) is 12.0 Å². The molecule has 0 bridgehead atoms. The Kier molecular flexibility index (Phi) is 1.77. The van der Waals surface area contributed by atoms with Crippen LogP contribution in [0.5, 0.6) is 5.75 Å². The van der Waals surface area contributed by atoms with E-state index < -0.39 is 0 Å². The van der Waals surface area contributed by atoms with Crippen molar-refractivity contribution >= 4 is 0 Å². The number of phenolic OH excluding ortho intramolecular Hbond substituents is 1. The summed E-state index contributed by atoms with van der Waals surface area (Å²) in [6.07, 6.45) is 1.58. The quantitative estimate of drug-likeness (QED) is 0.723. The lowest BCUT2D eigenvalue weighted by Crippen LogP contribution is -1.77. The average Bonchev–Trinajstić information content (AvgIpc) is 2.52. The van der Waals surface area contributed by atoms with Crippen LogP contribution in [0.2, 0.25) is 0 Å². The maximum atomic E-state index is 9.21. The van der Waals surface area contributed by atoms with E-state index in [4.69, 9.17) is 4.42 Å². The largest absolute Gasteiger partial charge is 0.508 e. The SMILES string of the molecule is Cc1coc(-c2cccc(O)c2)n1. The molecule has 0 unspecified atom stereocenters.